The molecule has 0 unspecified atom stereocenters. The van der Waals surface area contributed by atoms with Gasteiger partial charge >= 0.3 is 0 Å². The summed E-state index contributed by atoms with van der Waals surface area (Å²) in [5.41, 5.74) is 1.04. The van der Waals surface area contributed by atoms with Gasteiger partial charge in [-0.1, -0.05) is 17.3 Å². The van der Waals surface area contributed by atoms with Gasteiger partial charge in [0.15, 0.2) is 0 Å². The fraction of sp³-hybridized carbons (Fsp3) is 0.364. The highest BCUT2D eigenvalue weighted by Crippen LogP contribution is 2.13. The molecule has 1 rings (SSSR count). The van der Waals surface area contributed by atoms with Crippen LogP contribution in [0, 0.1) is 0 Å². The smallest absolute Gasteiger partial charge is 0.150 e. The topological polar surface area (TPSA) is 80.5 Å². The van der Waals surface area contributed by atoms with Crippen molar-refractivity contribution in [3.05, 3.63) is 29.8 Å². The molecule has 0 aliphatic heterocycles. The zero-order valence-electron chi connectivity index (χ0n) is 9.50. The van der Waals surface area contributed by atoms with Gasteiger partial charge in [-0.25, -0.2) is 0 Å². The van der Waals surface area contributed by atoms with Crippen molar-refractivity contribution in [1.29, 1.82) is 0 Å². The minimum absolute atomic E-state index is 0.0700. The summed E-state index contributed by atoms with van der Waals surface area (Å²) >= 11 is 0. The summed E-state index contributed by atoms with van der Waals surface area (Å²) in [7, 11) is 1.56. The zero-order chi connectivity index (χ0) is 12.5. The largest absolute Gasteiger partial charge is 0.497 e. The Kier molecular flexibility index (Phi) is 6.02. The number of oxime groups is 1. The maximum absolute atomic E-state index is 8.88. The first-order valence-corrected chi connectivity index (χ1v) is 4.93. The molecule has 0 aromatic heterocycles. The van der Waals surface area contributed by atoms with Crippen molar-refractivity contribution in [2.45, 2.75) is 0 Å². The lowest BCUT2D eigenvalue weighted by Gasteiger charge is -2.07. The Morgan fingerprint density at radius 3 is 2.82 bits per heavy atom. The predicted molar refractivity (Wildman–Crippen MR) is 60.3 cm³/mol. The molecule has 0 fully saturated rings. The van der Waals surface area contributed by atoms with E-state index in [1.165, 1.54) is 0 Å². The number of hydrogen-bond acceptors (Lipinski definition) is 6. The van der Waals surface area contributed by atoms with E-state index >= 15 is 0 Å². The summed E-state index contributed by atoms with van der Waals surface area (Å²) in [5, 5.41) is 20.4. The van der Waals surface area contributed by atoms with Gasteiger partial charge < -0.3 is 24.5 Å². The van der Waals surface area contributed by atoms with E-state index in [4.69, 9.17) is 19.8 Å². The summed E-state index contributed by atoms with van der Waals surface area (Å²) in [6.07, 6.45) is 0. The molecule has 17 heavy (non-hydrogen) atoms. The molecule has 0 radical (unpaired) electrons. The third kappa shape index (κ3) is 4.39. The second-order valence-corrected chi connectivity index (χ2v) is 3.08. The second kappa shape index (κ2) is 7.61. The third-order valence-electron chi connectivity index (χ3n) is 2.02. The fourth-order valence-electron chi connectivity index (χ4n) is 1.21. The van der Waals surface area contributed by atoms with E-state index in [0.29, 0.717) is 17.0 Å². The molecule has 0 amide bonds. The Labute approximate surface area is 99.0 Å². The molecule has 0 aliphatic rings. The number of benzene rings is 1. The summed E-state index contributed by atoms with van der Waals surface area (Å²) in [6.45, 7) is -0.409. The van der Waals surface area contributed by atoms with Crippen molar-refractivity contribution in [1.82, 2.24) is 0 Å². The number of nitrogens with zero attached hydrogens (tertiary/aromatic N) is 1. The molecular weight excluding hydrogens is 226 g/mol. The number of ether oxygens (including phenoxy) is 3. The van der Waals surface area contributed by atoms with Crippen LogP contribution in [0.2, 0.25) is 0 Å². The zero-order valence-corrected chi connectivity index (χ0v) is 9.50. The molecule has 0 bridgehead atoms. The fourth-order valence-corrected chi connectivity index (χ4v) is 1.21. The van der Waals surface area contributed by atoms with Crippen LogP contribution in [0.1, 0.15) is 5.56 Å². The molecule has 6 nitrogen and oxygen atoms in total. The Balaban J connectivity index is 2.60. The molecule has 0 atom stereocenters. The lowest BCUT2D eigenvalue weighted by molar-refractivity contribution is -0.0994. The average molecular weight is 241 g/mol. The van der Waals surface area contributed by atoms with Crippen LogP contribution in [-0.2, 0) is 9.47 Å². The molecular formula is C11H15NO5. The van der Waals surface area contributed by atoms with Gasteiger partial charge in [0, 0.05) is 5.56 Å². The minimum atomic E-state index is -0.412. The highest BCUT2D eigenvalue weighted by atomic mass is 16.7. The van der Waals surface area contributed by atoms with Gasteiger partial charge in [-0.3, -0.25) is 0 Å². The van der Waals surface area contributed by atoms with Crippen LogP contribution in [0.3, 0.4) is 0 Å². The molecule has 0 saturated heterocycles. The summed E-state index contributed by atoms with van der Waals surface area (Å²) in [5.74, 6) is 0.662. The standard InChI is InChI=1S/C11H15NO5/c1-15-10-4-2-3-9(5-10)11(12-14)6-16-8-17-7-13/h2-5,13-14H,6-8H2,1H3/b12-11+. The monoisotopic (exact) mass is 241 g/mol. The van der Waals surface area contributed by atoms with Gasteiger partial charge in [-0.05, 0) is 12.1 Å². The van der Waals surface area contributed by atoms with Crippen molar-refractivity contribution < 1.29 is 24.5 Å². The van der Waals surface area contributed by atoms with E-state index in [-0.39, 0.29) is 13.4 Å². The third-order valence-corrected chi connectivity index (χ3v) is 2.02. The van der Waals surface area contributed by atoms with Crippen molar-refractivity contribution in [2.24, 2.45) is 5.16 Å². The van der Waals surface area contributed by atoms with Gasteiger partial charge in [-0.15, -0.1) is 0 Å². The number of methoxy groups -OCH3 is 1. The van der Waals surface area contributed by atoms with Crippen LogP contribution in [-0.4, -0.2) is 43.3 Å². The first-order valence-electron chi connectivity index (χ1n) is 4.93. The van der Waals surface area contributed by atoms with Crippen LogP contribution in [0.25, 0.3) is 0 Å². The van der Waals surface area contributed by atoms with Crippen LogP contribution >= 0.6 is 0 Å². The van der Waals surface area contributed by atoms with E-state index in [2.05, 4.69) is 9.89 Å². The quantitative estimate of drug-likeness (QED) is 0.243. The molecule has 0 spiro atoms. The van der Waals surface area contributed by atoms with Crippen LogP contribution in [0.15, 0.2) is 29.4 Å². The van der Waals surface area contributed by atoms with Crippen molar-refractivity contribution in [3.63, 3.8) is 0 Å². The molecule has 0 aliphatic carbocycles. The van der Waals surface area contributed by atoms with Crippen LogP contribution in [0.5, 0.6) is 5.75 Å². The van der Waals surface area contributed by atoms with Crippen LogP contribution < -0.4 is 4.74 Å². The molecule has 94 valence electrons. The van der Waals surface area contributed by atoms with E-state index in [1.54, 1.807) is 31.4 Å². The first-order chi connectivity index (χ1) is 8.31. The predicted octanol–water partition coefficient (Wildman–Crippen LogP) is 0.814. The SMILES string of the molecule is COc1cccc(/C(COCOCO)=N/O)c1. The molecule has 0 heterocycles. The van der Waals surface area contributed by atoms with E-state index in [1.807, 2.05) is 0 Å². The minimum Gasteiger partial charge on any atom is -0.497 e. The summed E-state index contributed by atoms with van der Waals surface area (Å²) in [4.78, 5) is 0. The summed E-state index contributed by atoms with van der Waals surface area (Å²) < 4.78 is 14.7. The number of rotatable bonds is 7. The maximum Gasteiger partial charge on any atom is 0.150 e. The van der Waals surface area contributed by atoms with E-state index in [9.17, 15) is 0 Å². The van der Waals surface area contributed by atoms with E-state index in [0.717, 1.165) is 0 Å². The number of aliphatic hydroxyl groups excluding tert-OH is 1. The highest BCUT2D eigenvalue weighted by molar-refractivity contribution is 6.01. The number of aliphatic hydroxyl groups is 1. The Bertz CT molecular complexity index is 367. The molecule has 1 aromatic carbocycles. The second-order valence-electron chi connectivity index (χ2n) is 3.08. The van der Waals surface area contributed by atoms with Crippen molar-refractivity contribution in [2.75, 3.05) is 27.3 Å². The van der Waals surface area contributed by atoms with Gasteiger partial charge in [0.25, 0.3) is 0 Å². The van der Waals surface area contributed by atoms with Gasteiger partial charge in [0.05, 0.1) is 13.7 Å². The summed E-state index contributed by atoms with van der Waals surface area (Å²) in [6, 6.07) is 7.07. The van der Waals surface area contributed by atoms with E-state index < -0.39 is 6.79 Å². The Morgan fingerprint density at radius 2 is 2.18 bits per heavy atom. The Morgan fingerprint density at radius 1 is 1.35 bits per heavy atom. The average Bonchev–Trinajstić information content (AvgIpc) is 2.39. The van der Waals surface area contributed by atoms with Gasteiger partial charge in [0.2, 0.25) is 0 Å². The Hall–Kier alpha value is -1.63. The lowest BCUT2D eigenvalue weighted by Crippen LogP contribution is -2.13. The maximum atomic E-state index is 8.88. The molecule has 2 N–H and O–H groups in total. The normalized spacial score (nSPS) is 11.5. The number of hydrogen-bond donors (Lipinski definition) is 2. The van der Waals surface area contributed by atoms with Crippen molar-refractivity contribution in [3.8, 4) is 5.75 Å². The molecule has 1 aromatic rings. The molecule has 6 heteroatoms. The molecule has 0 saturated carbocycles. The van der Waals surface area contributed by atoms with Gasteiger partial charge in [-0.2, -0.15) is 0 Å². The van der Waals surface area contributed by atoms with Crippen molar-refractivity contribution >= 4 is 5.71 Å². The van der Waals surface area contributed by atoms with Crippen LogP contribution in [0.4, 0.5) is 0 Å². The first kappa shape index (κ1) is 13.4. The van der Waals surface area contributed by atoms with Gasteiger partial charge in [0.1, 0.15) is 25.0 Å². The highest BCUT2D eigenvalue weighted by Gasteiger charge is 2.06. The lowest BCUT2D eigenvalue weighted by atomic mass is 10.1.